The van der Waals surface area contributed by atoms with Crippen LogP contribution >= 0.6 is 0 Å². The molecule has 2 aromatic rings. The average Bonchev–Trinajstić information content (AvgIpc) is 3.33. The Morgan fingerprint density at radius 3 is 2.28 bits per heavy atom. The highest BCUT2D eigenvalue weighted by Crippen LogP contribution is 2.29. The Labute approximate surface area is 225 Å². The maximum atomic E-state index is 13.9. The van der Waals surface area contributed by atoms with Crippen LogP contribution in [0.1, 0.15) is 54.4 Å². The van der Waals surface area contributed by atoms with Crippen LogP contribution in [-0.2, 0) is 9.59 Å². The van der Waals surface area contributed by atoms with E-state index in [4.69, 9.17) is 0 Å². The summed E-state index contributed by atoms with van der Waals surface area (Å²) in [6.45, 7) is 1.77. The number of nitrogens with zero attached hydrogens (tertiary/aromatic N) is 2. The maximum Gasteiger partial charge on any atom is 0.323 e. The summed E-state index contributed by atoms with van der Waals surface area (Å²) in [6, 6.07) is 8.06. The number of hydrogen-bond acceptors (Lipinski definition) is 4. The van der Waals surface area contributed by atoms with Crippen LogP contribution in [0.5, 0.6) is 0 Å². The number of halogens is 2. The Hall–Kier alpha value is -4.02. The normalized spacial score (nSPS) is 18.5. The summed E-state index contributed by atoms with van der Waals surface area (Å²) in [5.41, 5.74) is 1.08. The zero-order valence-electron chi connectivity index (χ0n) is 21.7. The van der Waals surface area contributed by atoms with Crippen molar-refractivity contribution in [3.8, 4) is 0 Å². The summed E-state index contributed by atoms with van der Waals surface area (Å²) in [7, 11) is 0. The van der Waals surface area contributed by atoms with Gasteiger partial charge in [-0.05, 0) is 55.5 Å². The molecular formula is C28H32F2N4O5. The Morgan fingerprint density at radius 2 is 1.64 bits per heavy atom. The first-order valence-corrected chi connectivity index (χ1v) is 13.1. The van der Waals surface area contributed by atoms with E-state index in [0.29, 0.717) is 11.8 Å². The lowest BCUT2D eigenvalue weighted by atomic mass is 9.82. The lowest BCUT2D eigenvalue weighted by molar-refractivity contribution is -0.138. The van der Waals surface area contributed by atoms with E-state index in [1.807, 2.05) is 13.0 Å². The number of benzene rings is 2. The molecule has 0 aromatic heterocycles. The van der Waals surface area contributed by atoms with E-state index in [2.05, 4.69) is 10.6 Å². The maximum absolute atomic E-state index is 13.9. The first kappa shape index (κ1) is 28.0. The molecule has 3 N–H and O–H groups in total. The predicted molar refractivity (Wildman–Crippen MR) is 139 cm³/mol. The van der Waals surface area contributed by atoms with Crippen LogP contribution in [0.15, 0.2) is 42.5 Å². The van der Waals surface area contributed by atoms with E-state index in [-0.39, 0.29) is 31.0 Å². The van der Waals surface area contributed by atoms with Crippen LogP contribution in [0, 0.1) is 24.5 Å². The topological polar surface area (TPSA) is 119 Å². The molecular weight excluding hydrogens is 510 g/mol. The number of carboxylic acid groups (broad SMARTS) is 1. The highest BCUT2D eigenvalue weighted by molar-refractivity contribution is 6.00. The first-order valence-electron chi connectivity index (χ1n) is 13.1. The fraction of sp³-hybridized carbons (Fsp3) is 0.429. The molecule has 11 heteroatoms. The largest absolute Gasteiger partial charge is 0.481 e. The van der Waals surface area contributed by atoms with Gasteiger partial charge in [-0.2, -0.15) is 0 Å². The standard InChI is InChI=1S/C28H32F2N4O5/c1-17-6-5-9-22(12-17)31-28(39)34-11-10-33(27(38)19-13-20(29)15-21(30)14-19)26(34)25(37)32-23(16-24(35)36)18-7-3-2-4-8-18/h5-6,9,12-15,18,23,26H,2-4,7-8,10-11,16H2,1H3,(H,31,39)(H,32,37)(H,35,36). The Morgan fingerprint density at radius 1 is 0.974 bits per heavy atom. The molecule has 2 aromatic carbocycles. The molecule has 39 heavy (non-hydrogen) atoms. The molecule has 2 atom stereocenters. The third kappa shape index (κ3) is 6.90. The fourth-order valence-corrected chi connectivity index (χ4v) is 5.42. The summed E-state index contributed by atoms with van der Waals surface area (Å²) in [4.78, 5) is 54.2. The van der Waals surface area contributed by atoms with Gasteiger partial charge in [0.15, 0.2) is 6.17 Å². The predicted octanol–water partition coefficient (Wildman–Crippen LogP) is 4.13. The molecule has 4 amide bonds. The average molecular weight is 543 g/mol. The lowest BCUT2D eigenvalue weighted by Crippen LogP contribution is -2.57. The molecule has 1 saturated carbocycles. The molecule has 0 radical (unpaired) electrons. The number of aryl methyl sites for hydroxylation is 1. The van der Waals surface area contributed by atoms with Gasteiger partial charge in [0.25, 0.3) is 11.8 Å². The summed E-state index contributed by atoms with van der Waals surface area (Å²) < 4.78 is 27.8. The number of anilines is 1. The second-order valence-corrected chi connectivity index (χ2v) is 10.1. The second kappa shape index (κ2) is 12.2. The third-order valence-corrected chi connectivity index (χ3v) is 7.25. The number of aliphatic carboxylic acids is 1. The Balaban J connectivity index is 1.62. The van der Waals surface area contributed by atoms with Crippen molar-refractivity contribution in [1.29, 1.82) is 0 Å². The van der Waals surface area contributed by atoms with Crippen LogP contribution in [0.4, 0.5) is 19.3 Å². The highest BCUT2D eigenvalue weighted by atomic mass is 19.1. The van der Waals surface area contributed by atoms with E-state index in [9.17, 15) is 33.1 Å². The van der Waals surface area contributed by atoms with E-state index in [0.717, 1.165) is 54.7 Å². The summed E-state index contributed by atoms with van der Waals surface area (Å²) >= 11 is 0. The van der Waals surface area contributed by atoms with Gasteiger partial charge in [-0.25, -0.2) is 13.6 Å². The smallest absolute Gasteiger partial charge is 0.323 e. The van der Waals surface area contributed by atoms with Crippen LogP contribution in [0.25, 0.3) is 0 Å². The number of amides is 4. The van der Waals surface area contributed by atoms with Crippen molar-refractivity contribution in [2.24, 2.45) is 5.92 Å². The Kier molecular flexibility index (Phi) is 8.78. The van der Waals surface area contributed by atoms with E-state index in [1.165, 1.54) is 4.90 Å². The van der Waals surface area contributed by atoms with Crippen LogP contribution in [0.2, 0.25) is 0 Å². The highest BCUT2D eigenvalue weighted by Gasteiger charge is 2.44. The number of carboxylic acids is 1. The minimum Gasteiger partial charge on any atom is -0.481 e. The van der Waals surface area contributed by atoms with Crippen LogP contribution in [0.3, 0.4) is 0 Å². The van der Waals surface area contributed by atoms with Gasteiger partial charge < -0.3 is 20.6 Å². The monoisotopic (exact) mass is 542 g/mol. The minimum atomic E-state index is -1.45. The molecule has 0 bridgehead atoms. The zero-order chi connectivity index (χ0) is 28.1. The Bertz CT molecular complexity index is 1230. The number of rotatable bonds is 7. The number of carbonyl (C=O) groups is 4. The first-order chi connectivity index (χ1) is 18.6. The second-order valence-electron chi connectivity index (χ2n) is 10.1. The van der Waals surface area contributed by atoms with E-state index < -0.39 is 47.7 Å². The molecule has 1 saturated heterocycles. The quantitative estimate of drug-likeness (QED) is 0.486. The molecule has 1 aliphatic carbocycles. The van der Waals surface area contributed by atoms with Crippen LogP contribution in [-0.4, -0.2) is 64.0 Å². The van der Waals surface area contributed by atoms with Gasteiger partial charge in [0.1, 0.15) is 11.6 Å². The van der Waals surface area contributed by atoms with Crippen molar-refractivity contribution in [3.63, 3.8) is 0 Å². The number of nitrogens with one attached hydrogen (secondary N) is 2. The molecule has 4 rings (SSSR count). The van der Waals surface area contributed by atoms with Crippen molar-refractivity contribution in [2.75, 3.05) is 18.4 Å². The van der Waals surface area contributed by atoms with Crippen molar-refractivity contribution >= 4 is 29.5 Å². The van der Waals surface area contributed by atoms with Crippen molar-refractivity contribution in [2.45, 2.75) is 57.7 Å². The summed E-state index contributed by atoms with van der Waals surface area (Å²) in [5, 5.41) is 15.0. The molecule has 1 aliphatic heterocycles. The van der Waals surface area contributed by atoms with Gasteiger partial charge >= 0.3 is 12.0 Å². The van der Waals surface area contributed by atoms with Gasteiger partial charge in [-0.15, -0.1) is 0 Å². The summed E-state index contributed by atoms with van der Waals surface area (Å²) in [5.74, 6) is -4.59. The van der Waals surface area contributed by atoms with Crippen molar-refractivity contribution in [1.82, 2.24) is 15.1 Å². The van der Waals surface area contributed by atoms with E-state index >= 15 is 0 Å². The molecule has 2 aliphatic rings. The number of hydrogen-bond donors (Lipinski definition) is 3. The molecule has 2 fully saturated rings. The number of carbonyl (C=O) groups excluding carboxylic acids is 3. The molecule has 208 valence electrons. The van der Waals surface area contributed by atoms with Gasteiger partial charge in [-0.1, -0.05) is 31.4 Å². The zero-order valence-corrected chi connectivity index (χ0v) is 21.7. The van der Waals surface area contributed by atoms with Crippen molar-refractivity contribution < 1.29 is 33.1 Å². The number of urea groups is 1. The molecule has 9 nitrogen and oxygen atoms in total. The molecule has 2 unspecified atom stereocenters. The van der Waals surface area contributed by atoms with Gasteiger partial charge in [0.2, 0.25) is 0 Å². The minimum absolute atomic E-state index is 0.0215. The fourth-order valence-electron chi connectivity index (χ4n) is 5.42. The van der Waals surface area contributed by atoms with Crippen LogP contribution < -0.4 is 10.6 Å². The van der Waals surface area contributed by atoms with Gasteiger partial charge in [-0.3, -0.25) is 19.3 Å². The van der Waals surface area contributed by atoms with Crippen molar-refractivity contribution in [3.05, 3.63) is 65.2 Å². The van der Waals surface area contributed by atoms with E-state index in [1.54, 1.807) is 18.2 Å². The van der Waals surface area contributed by atoms with Gasteiger partial charge in [0, 0.05) is 36.4 Å². The SMILES string of the molecule is Cc1cccc(NC(=O)N2CCN(C(=O)c3cc(F)cc(F)c3)C2C(=O)NC(CC(=O)O)C2CCCCC2)c1. The third-order valence-electron chi connectivity index (χ3n) is 7.25. The summed E-state index contributed by atoms with van der Waals surface area (Å²) in [6.07, 6.45) is 2.63. The molecule has 0 spiro atoms. The van der Waals surface area contributed by atoms with Gasteiger partial charge in [0.05, 0.1) is 6.42 Å². The molecule has 1 heterocycles. The lowest BCUT2D eigenvalue weighted by Gasteiger charge is -2.34.